The van der Waals surface area contributed by atoms with Crippen LogP contribution in [0.5, 0.6) is 5.75 Å². The zero-order valence-corrected chi connectivity index (χ0v) is 12.1. The number of benzene rings is 1. The molecule has 0 aliphatic heterocycles. The summed E-state index contributed by atoms with van der Waals surface area (Å²) < 4.78 is 8.74. The van der Waals surface area contributed by atoms with Gasteiger partial charge in [-0.25, -0.2) is 0 Å². The van der Waals surface area contributed by atoms with E-state index in [1.165, 1.54) is 6.92 Å². The van der Waals surface area contributed by atoms with Crippen LogP contribution < -0.4 is 8.27 Å². The highest BCUT2D eigenvalue weighted by molar-refractivity contribution is 14.1. The molecule has 0 amide bonds. The van der Waals surface area contributed by atoms with Gasteiger partial charge in [-0.2, -0.15) is 0 Å². The van der Waals surface area contributed by atoms with Gasteiger partial charge in [0.15, 0.2) is 5.78 Å². The maximum Gasteiger partial charge on any atom is 0.152 e. The molecular weight excluding hydrogens is 329 g/mol. The Labute approximate surface area is 116 Å². The van der Waals surface area contributed by atoms with E-state index in [0.29, 0.717) is 0 Å². The van der Waals surface area contributed by atoms with Crippen molar-refractivity contribution in [2.75, 3.05) is 6.54 Å². The summed E-state index contributed by atoms with van der Waals surface area (Å²) in [5.74, 6) is 0.855. The van der Waals surface area contributed by atoms with E-state index >= 15 is 0 Å². The van der Waals surface area contributed by atoms with Crippen molar-refractivity contribution in [3.05, 3.63) is 35.9 Å². The van der Waals surface area contributed by atoms with Crippen LogP contribution in [0.2, 0.25) is 0 Å². The number of hydrogen-bond acceptors (Lipinski definition) is 3. The van der Waals surface area contributed by atoms with E-state index in [2.05, 4.69) is 26.4 Å². The van der Waals surface area contributed by atoms with Gasteiger partial charge in [0.05, 0.1) is 0 Å². The van der Waals surface area contributed by atoms with Crippen LogP contribution in [-0.4, -0.2) is 18.4 Å². The minimum atomic E-state index is 0.0406. The summed E-state index contributed by atoms with van der Waals surface area (Å²) >= 11 is 2.09. The lowest BCUT2D eigenvalue weighted by molar-refractivity contribution is -0.112. The van der Waals surface area contributed by atoms with Gasteiger partial charge < -0.3 is 4.74 Å². The molecule has 0 aliphatic rings. The molecular formula is C13H16INO2. The Morgan fingerprint density at radius 3 is 3.00 bits per heavy atom. The lowest BCUT2D eigenvalue weighted by Gasteiger charge is -2.13. The third-order valence-corrected chi connectivity index (χ3v) is 2.51. The summed E-state index contributed by atoms with van der Waals surface area (Å²) in [5.41, 5.74) is 0.965. The fourth-order valence-electron chi connectivity index (χ4n) is 1.29. The first kappa shape index (κ1) is 14.2. The highest BCUT2D eigenvalue weighted by Crippen LogP contribution is 2.16. The normalized spacial score (nSPS) is 12.6. The molecule has 0 saturated carbocycles. The van der Waals surface area contributed by atoms with Crippen LogP contribution in [0.15, 0.2) is 30.3 Å². The molecule has 0 aromatic heterocycles. The molecule has 17 heavy (non-hydrogen) atoms. The van der Waals surface area contributed by atoms with E-state index in [1.54, 1.807) is 12.2 Å². The number of nitrogens with one attached hydrogen (secondary N) is 1. The lowest BCUT2D eigenvalue weighted by atomic mass is 10.2. The SMILES string of the molecule is CC(=O)/C=C/c1cccc(O[C@@H](C)CNI)c1. The summed E-state index contributed by atoms with van der Waals surface area (Å²) in [6.07, 6.45) is 3.45. The molecule has 0 aliphatic carbocycles. The fourth-order valence-corrected chi connectivity index (χ4v) is 1.91. The van der Waals surface area contributed by atoms with Crippen molar-refractivity contribution in [3.8, 4) is 5.75 Å². The second-order valence-electron chi connectivity index (χ2n) is 3.78. The number of hydrogen-bond donors (Lipinski definition) is 1. The maximum atomic E-state index is 10.8. The van der Waals surface area contributed by atoms with Crippen LogP contribution in [0, 0.1) is 0 Å². The van der Waals surface area contributed by atoms with Gasteiger partial charge in [-0.15, -0.1) is 0 Å². The van der Waals surface area contributed by atoms with Crippen LogP contribution in [0.3, 0.4) is 0 Å². The number of carbonyl (C=O) groups is 1. The van der Waals surface area contributed by atoms with Gasteiger partial charge in [0.25, 0.3) is 0 Å². The van der Waals surface area contributed by atoms with Gasteiger partial charge in [-0.1, -0.05) is 18.2 Å². The van der Waals surface area contributed by atoms with Crippen LogP contribution in [0.25, 0.3) is 6.08 Å². The fraction of sp³-hybridized carbons (Fsp3) is 0.308. The molecule has 0 bridgehead atoms. The molecule has 0 unspecified atom stereocenters. The first-order valence-electron chi connectivity index (χ1n) is 5.40. The number of carbonyl (C=O) groups excluding carboxylic acids is 1. The van der Waals surface area contributed by atoms with E-state index in [0.717, 1.165) is 17.9 Å². The van der Waals surface area contributed by atoms with Crippen molar-refractivity contribution in [3.63, 3.8) is 0 Å². The highest BCUT2D eigenvalue weighted by Gasteiger charge is 2.02. The highest BCUT2D eigenvalue weighted by atomic mass is 127. The second kappa shape index (κ2) is 7.45. The first-order valence-corrected chi connectivity index (χ1v) is 6.48. The number of ketones is 1. The third kappa shape index (κ3) is 5.83. The smallest absolute Gasteiger partial charge is 0.152 e. The average molecular weight is 345 g/mol. The molecule has 0 fully saturated rings. The molecule has 1 aromatic rings. The summed E-state index contributed by atoms with van der Waals surface area (Å²) in [6, 6.07) is 7.69. The monoisotopic (exact) mass is 345 g/mol. The standard InChI is InChI=1S/C13H16INO2/c1-10(16)6-7-12-4-3-5-13(8-12)17-11(2)9-15-14/h3-8,11,15H,9H2,1-2H3/b7-6+/t11-/m0/s1. The molecule has 1 N–H and O–H groups in total. The molecule has 4 heteroatoms. The number of allylic oxidation sites excluding steroid dienone is 1. The number of rotatable bonds is 6. The second-order valence-corrected chi connectivity index (χ2v) is 4.55. The maximum absolute atomic E-state index is 10.8. The van der Waals surface area contributed by atoms with Gasteiger partial charge in [0.2, 0.25) is 0 Å². The Hall–Kier alpha value is -0.880. The first-order chi connectivity index (χ1) is 8.11. The van der Waals surface area contributed by atoms with Gasteiger partial charge >= 0.3 is 0 Å². The molecule has 92 valence electrons. The Morgan fingerprint density at radius 1 is 1.59 bits per heavy atom. The quantitative estimate of drug-likeness (QED) is 0.489. The number of halogens is 1. The molecule has 1 atom stereocenters. The summed E-state index contributed by atoms with van der Waals surface area (Å²) in [7, 11) is 0. The van der Waals surface area contributed by atoms with Crippen molar-refractivity contribution < 1.29 is 9.53 Å². The summed E-state index contributed by atoms with van der Waals surface area (Å²) in [6.45, 7) is 4.32. The number of ether oxygens (including phenoxy) is 1. The summed E-state index contributed by atoms with van der Waals surface area (Å²) in [4.78, 5) is 10.8. The van der Waals surface area contributed by atoms with E-state index in [1.807, 2.05) is 31.2 Å². The molecule has 1 aromatic carbocycles. The van der Waals surface area contributed by atoms with Crippen LogP contribution >= 0.6 is 22.9 Å². The predicted octanol–water partition coefficient (Wildman–Crippen LogP) is 3.00. The van der Waals surface area contributed by atoms with E-state index < -0.39 is 0 Å². The molecule has 0 heterocycles. The van der Waals surface area contributed by atoms with Crippen molar-refractivity contribution in [2.24, 2.45) is 0 Å². The minimum absolute atomic E-state index is 0.0406. The van der Waals surface area contributed by atoms with Crippen molar-refractivity contribution >= 4 is 34.7 Å². The van der Waals surface area contributed by atoms with Crippen molar-refractivity contribution in [1.82, 2.24) is 3.53 Å². The van der Waals surface area contributed by atoms with Gasteiger partial charge in [-0.3, -0.25) is 8.32 Å². The van der Waals surface area contributed by atoms with E-state index in [-0.39, 0.29) is 11.9 Å². The average Bonchev–Trinajstić information content (AvgIpc) is 2.27. The molecule has 1 rings (SSSR count). The van der Waals surface area contributed by atoms with Gasteiger partial charge in [0, 0.05) is 29.4 Å². The van der Waals surface area contributed by atoms with Crippen LogP contribution in [-0.2, 0) is 4.79 Å². The molecule has 0 radical (unpaired) electrons. The van der Waals surface area contributed by atoms with Crippen LogP contribution in [0.4, 0.5) is 0 Å². The zero-order valence-electron chi connectivity index (χ0n) is 9.94. The zero-order chi connectivity index (χ0) is 12.7. The van der Waals surface area contributed by atoms with Gasteiger partial charge in [0.1, 0.15) is 11.9 Å². The Morgan fingerprint density at radius 2 is 2.35 bits per heavy atom. The summed E-state index contributed by atoms with van der Waals surface area (Å²) in [5, 5.41) is 0. The predicted molar refractivity (Wildman–Crippen MR) is 78.3 cm³/mol. The lowest BCUT2D eigenvalue weighted by Crippen LogP contribution is -2.22. The third-order valence-electron chi connectivity index (χ3n) is 2.07. The molecule has 0 saturated heterocycles. The Kier molecular flexibility index (Phi) is 6.21. The van der Waals surface area contributed by atoms with Crippen LogP contribution in [0.1, 0.15) is 19.4 Å². The van der Waals surface area contributed by atoms with E-state index in [4.69, 9.17) is 4.74 Å². The van der Waals surface area contributed by atoms with E-state index in [9.17, 15) is 4.79 Å². The molecule has 0 spiro atoms. The van der Waals surface area contributed by atoms with Crippen molar-refractivity contribution in [2.45, 2.75) is 20.0 Å². The van der Waals surface area contributed by atoms with Crippen molar-refractivity contribution in [1.29, 1.82) is 0 Å². The Balaban J connectivity index is 2.68. The largest absolute Gasteiger partial charge is 0.489 e. The Bertz CT molecular complexity index is 404. The topological polar surface area (TPSA) is 38.3 Å². The molecule has 3 nitrogen and oxygen atoms in total. The van der Waals surface area contributed by atoms with Gasteiger partial charge in [-0.05, 0) is 37.6 Å². The minimum Gasteiger partial charge on any atom is -0.489 e.